The minimum Gasteiger partial charge on any atom is -0.366 e. The van der Waals surface area contributed by atoms with Gasteiger partial charge in [-0.15, -0.1) is 0 Å². The number of aryl methyl sites for hydroxylation is 1. The number of anilines is 1. The van der Waals surface area contributed by atoms with Crippen molar-refractivity contribution in [3.8, 4) is 0 Å². The van der Waals surface area contributed by atoms with Gasteiger partial charge in [0.15, 0.2) is 5.82 Å². The maximum absolute atomic E-state index is 5.55. The average Bonchev–Trinajstić information content (AvgIpc) is 2.29. The van der Waals surface area contributed by atoms with Gasteiger partial charge in [-0.3, -0.25) is 4.68 Å². The Kier molecular flexibility index (Phi) is 2.70. The molecule has 0 bridgehead atoms. The van der Waals surface area contributed by atoms with Gasteiger partial charge in [-0.25, -0.2) is 0 Å². The van der Waals surface area contributed by atoms with E-state index in [-0.39, 0.29) is 0 Å². The number of nitrogens with one attached hydrogen (secondary N) is 1. The first-order valence-corrected chi connectivity index (χ1v) is 4.12. The largest absolute Gasteiger partial charge is 0.366 e. The van der Waals surface area contributed by atoms with E-state index in [9.17, 15) is 0 Å². The molecule has 0 unspecified atom stereocenters. The van der Waals surface area contributed by atoms with Crippen LogP contribution in [0.15, 0.2) is 6.20 Å². The summed E-state index contributed by atoms with van der Waals surface area (Å²) in [4.78, 5) is 0. The van der Waals surface area contributed by atoms with Crippen molar-refractivity contribution < 1.29 is 0 Å². The quantitative estimate of drug-likeness (QED) is 0.698. The maximum Gasteiger partial charge on any atom is 0.152 e. The molecule has 4 nitrogen and oxygen atoms in total. The van der Waals surface area contributed by atoms with E-state index in [2.05, 4.69) is 24.3 Å². The second-order valence-corrected chi connectivity index (χ2v) is 3.18. The highest BCUT2D eigenvalue weighted by atomic mass is 15.3. The van der Waals surface area contributed by atoms with Gasteiger partial charge in [0.2, 0.25) is 0 Å². The van der Waals surface area contributed by atoms with Gasteiger partial charge in [0, 0.05) is 31.4 Å². The van der Waals surface area contributed by atoms with E-state index >= 15 is 0 Å². The second kappa shape index (κ2) is 3.58. The van der Waals surface area contributed by atoms with Crippen LogP contribution in [0.25, 0.3) is 0 Å². The van der Waals surface area contributed by atoms with Crippen molar-refractivity contribution in [3.05, 3.63) is 11.8 Å². The predicted octanol–water partition coefficient (Wildman–Crippen LogP) is 0.699. The molecule has 0 radical (unpaired) electrons. The zero-order valence-corrected chi connectivity index (χ0v) is 7.83. The molecular formula is C8H16N4. The molecular weight excluding hydrogens is 152 g/mol. The number of rotatable bonds is 3. The maximum atomic E-state index is 5.55. The van der Waals surface area contributed by atoms with Gasteiger partial charge >= 0.3 is 0 Å². The molecule has 0 amide bonds. The van der Waals surface area contributed by atoms with Crippen molar-refractivity contribution in [2.75, 3.05) is 5.32 Å². The zero-order valence-electron chi connectivity index (χ0n) is 7.83. The Balaban J connectivity index is 2.81. The molecule has 0 saturated heterocycles. The molecule has 3 N–H and O–H groups in total. The molecule has 12 heavy (non-hydrogen) atoms. The van der Waals surface area contributed by atoms with E-state index in [0.29, 0.717) is 12.6 Å². The Bertz CT molecular complexity index is 252. The van der Waals surface area contributed by atoms with Crippen LogP contribution in [0.3, 0.4) is 0 Å². The predicted molar refractivity (Wildman–Crippen MR) is 49.9 cm³/mol. The summed E-state index contributed by atoms with van der Waals surface area (Å²) in [6, 6.07) is 0.394. The third-order valence-corrected chi connectivity index (χ3v) is 1.55. The van der Waals surface area contributed by atoms with Crippen LogP contribution < -0.4 is 11.1 Å². The molecule has 1 aromatic rings. The number of hydrogen-bond donors (Lipinski definition) is 2. The van der Waals surface area contributed by atoms with E-state index in [1.54, 1.807) is 4.68 Å². The fraction of sp³-hybridized carbons (Fsp3) is 0.625. The molecule has 4 heteroatoms. The van der Waals surface area contributed by atoms with Crippen LogP contribution >= 0.6 is 0 Å². The minimum absolute atomic E-state index is 0.394. The molecule has 0 aliphatic heterocycles. The summed E-state index contributed by atoms with van der Waals surface area (Å²) in [6.07, 6.45) is 1.94. The Labute approximate surface area is 72.8 Å². The zero-order chi connectivity index (χ0) is 9.14. The van der Waals surface area contributed by atoms with Crippen LogP contribution in [-0.2, 0) is 13.6 Å². The van der Waals surface area contributed by atoms with E-state index in [1.807, 2.05) is 13.2 Å². The number of nitrogens with two attached hydrogens (primary N) is 1. The molecule has 68 valence electrons. The molecule has 0 fully saturated rings. The first-order valence-electron chi connectivity index (χ1n) is 4.12. The summed E-state index contributed by atoms with van der Waals surface area (Å²) < 4.78 is 1.77. The van der Waals surface area contributed by atoms with Crippen LogP contribution in [0.2, 0.25) is 0 Å². The van der Waals surface area contributed by atoms with Crippen molar-refractivity contribution >= 4 is 5.82 Å². The molecule has 0 aliphatic carbocycles. The molecule has 0 spiro atoms. The summed E-state index contributed by atoms with van der Waals surface area (Å²) >= 11 is 0. The lowest BCUT2D eigenvalue weighted by molar-refractivity contribution is 0.761. The molecule has 1 heterocycles. The fourth-order valence-electron chi connectivity index (χ4n) is 1.08. The Hall–Kier alpha value is -1.03. The number of hydrogen-bond acceptors (Lipinski definition) is 3. The van der Waals surface area contributed by atoms with E-state index < -0.39 is 0 Å². The lowest BCUT2D eigenvalue weighted by Gasteiger charge is -2.07. The first-order chi connectivity index (χ1) is 5.63. The van der Waals surface area contributed by atoms with Crippen molar-refractivity contribution in [2.45, 2.75) is 26.4 Å². The van der Waals surface area contributed by atoms with Crippen molar-refractivity contribution in [1.82, 2.24) is 9.78 Å². The lowest BCUT2D eigenvalue weighted by Crippen LogP contribution is -2.12. The van der Waals surface area contributed by atoms with Crippen molar-refractivity contribution in [2.24, 2.45) is 12.8 Å². The Morgan fingerprint density at radius 1 is 1.67 bits per heavy atom. The van der Waals surface area contributed by atoms with Crippen LogP contribution in [0, 0.1) is 0 Å². The highest BCUT2D eigenvalue weighted by Gasteiger charge is 2.05. The van der Waals surface area contributed by atoms with Gasteiger partial charge in [-0.05, 0) is 13.8 Å². The lowest BCUT2D eigenvalue weighted by atomic mass is 10.3. The average molecular weight is 168 g/mol. The summed E-state index contributed by atoms with van der Waals surface area (Å²) in [5.41, 5.74) is 6.61. The molecule has 1 aromatic heterocycles. The van der Waals surface area contributed by atoms with Gasteiger partial charge in [-0.1, -0.05) is 0 Å². The summed E-state index contributed by atoms with van der Waals surface area (Å²) in [5.74, 6) is 0.898. The van der Waals surface area contributed by atoms with Gasteiger partial charge in [0.1, 0.15) is 0 Å². The summed E-state index contributed by atoms with van der Waals surface area (Å²) in [6.45, 7) is 4.69. The number of nitrogens with zero attached hydrogens (tertiary/aromatic N) is 2. The number of aromatic nitrogens is 2. The Morgan fingerprint density at radius 2 is 2.33 bits per heavy atom. The van der Waals surface area contributed by atoms with Gasteiger partial charge in [-0.2, -0.15) is 5.10 Å². The molecule has 1 rings (SSSR count). The van der Waals surface area contributed by atoms with Crippen LogP contribution in [0.4, 0.5) is 5.82 Å². The Morgan fingerprint density at radius 3 is 2.83 bits per heavy atom. The van der Waals surface area contributed by atoms with Crippen molar-refractivity contribution in [3.63, 3.8) is 0 Å². The van der Waals surface area contributed by atoms with E-state index in [4.69, 9.17) is 5.73 Å². The monoisotopic (exact) mass is 168 g/mol. The van der Waals surface area contributed by atoms with Gasteiger partial charge < -0.3 is 11.1 Å². The fourth-order valence-corrected chi connectivity index (χ4v) is 1.08. The second-order valence-electron chi connectivity index (χ2n) is 3.18. The topological polar surface area (TPSA) is 55.9 Å². The van der Waals surface area contributed by atoms with E-state index in [0.717, 1.165) is 11.4 Å². The standard InChI is InChI=1S/C8H16N4/c1-6(2)10-8-7(4-9)5-12(3)11-8/h5-6H,4,9H2,1-3H3,(H,10,11). The van der Waals surface area contributed by atoms with Crippen molar-refractivity contribution in [1.29, 1.82) is 0 Å². The minimum atomic E-state index is 0.394. The summed E-state index contributed by atoms with van der Waals surface area (Å²) in [5, 5.41) is 7.48. The molecule has 0 aromatic carbocycles. The highest BCUT2D eigenvalue weighted by molar-refractivity contribution is 5.43. The molecule has 0 aliphatic rings. The molecule has 0 atom stereocenters. The van der Waals surface area contributed by atoms with E-state index in [1.165, 1.54) is 0 Å². The van der Waals surface area contributed by atoms with Crippen LogP contribution in [0.1, 0.15) is 19.4 Å². The van der Waals surface area contributed by atoms with Gasteiger partial charge in [0.05, 0.1) is 0 Å². The SMILES string of the molecule is CC(C)Nc1nn(C)cc1CN. The molecule has 0 saturated carbocycles. The third kappa shape index (κ3) is 1.98. The van der Waals surface area contributed by atoms with Crippen LogP contribution in [0.5, 0.6) is 0 Å². The third-order valence-electron chi connectivity index (χ3n) is 1.55. The van der Waals surface area contributed by atoms with Gasteiger partial charge in [0.25, 0.3) is 0 Å². The normalized spacial score (nSPS) is 10.8. The first kappa shape index (κ1) is 9.06. The van der Waals surface area contributed by atoms with Crippen LogP contribution in [-0.4, -0.2) is 15.8 Å². The highest BCUT2D eigenvalue weighted by Crippen LogP contribution is 2.12. The smallest absolute Gasteiger partial charge is 0.152 e. The summed E-state index contributed by atoms with van der Waals surface area (Å²) in [7, 11) is 1.89.